The summed E-state index contributed by atoms with van der Waals surface area (Å²) in [5.74, 6) is -0.336. The van der Waals surface area contributed by atoms with Crippen LogP contribution in [0.5, 0.6) is 0 Å². The smallest absolute Gasteiger partial charge is 0.259 e. The highest BCUT2D eigenvalue weighted by molar-refractivity contribution is 5.98. The van der Waals surface area contributed by atoms with E-state index in [0.717, 1.165) is 28.7 Å². The number of fused-ring (bicyclic) bond motifs is 1. The molecule has 3 aromatic carbocycles. The second-order valence-corrected chi connectivity index (χ2v) is 7.64. The van der Waals surface area contributed by atoms with Crippen LogP contribution in [0, 0.1) is 18.3 Å². The highest BCUT2D eigenvalue weighted by Gasteiger charge is 2.50. The number of aryl methyl sites for hydroxylation is 1. The molecule has 0 fully saturated rings. The van der Waals surface area contributed by atoms with Crippen molar-refractivity contribution in [2.45, 2.75) is 31.7 Å². The monoisotopic (exact) mass is 392 g/mol. The Morgan fingerprint density at radius 1 is 1.00 bits per heavy atom. The van der Waals surface area contributed by atoms with E-state index in [1.54, 1.807) is 11.1 Å². The Morgan fingerprint density at radius 3 is 2.37 bits per heavy atom. The maximum Gasteiger partial charge on any atom is 0.259 e. The Bertz CT molecular complexity index is 1140. The first-order valence-corrected chi connectivity index (χ1v) is 10.3. The molecule has 1 amide bonds. The number of hydrogen-bond acceptors (Lipinski definition) is 2. The fourth-order valence-corrected chi connectivity index (χ4v) is 4.57. The summed E-state index contributed by atoms with van der Waals surface area (Å²) in [4.78, 5) is 15.4. The largest absolute Gasteiger partial charge is 0.291 e. The third-order valence-electron chi connectivity index (χ3n) is 6.03. The van der Waals surface area contributed by atoms with E-state index >= 15 is 0 Å². The lowest BCUT2D eigenvalue weighted by Crippen LogP contribution is -2.51. The molecule has 0 radical (unpaired) electrons. The minimum atomic E-state index is -1.14. The van der Waals surface area contributed by atoms with Crippen molar-refractivity contribution in [3.8, 4) is 6.07 Å². The van der Waals surface area contributed by atoms with Gasteiger partial charge in [-0.3, -0.25) is 9.69 Å². The van der Waals surface area contributed by atoms with Gasteiger partial charge in [-0.2, -0.15) is 5.26 Å². The Kier molecular flexibility index (Phi) is 5.25. The van der Waals surface area contributed by atoms with Crippen molar-refractivity contribution in [3.05, 3.63) is 113 Å². The SMILES string of the molecule is CC[C@H](c1ccccc1)[C@@]1(C#N)c2ccccc2C=CN1C(=O)c1ccccc1C. The molecule has 0 bridgehead atoms. The van der Waals surface area contributed by atoms with Crippen LogP contribution in [0.4, 0.5) is 0 Å². The zero-order valence-corrected chi connectivity index (χ0v) is 17.2. The number of rotatable bonds is 4. The molecule has 2 atom stereocenters. The summed E-state index contributed by atoms with van der Waals surface area (Å²) >= 11 is 0. The summed E-state index contributed by atoms with van der Waals surface area (Å²) in [7, 11) is 0. The molecule has 3 aromatic rings. The molecule has 3 nitrogen and oxygen atoms in total. The van der Waals surface area contributed by atoms with Crippen LogP contribution in [0.2, 0.25) is 0 Å². The molecular formula is C27H24N2O. The quantitative estimate of drug-likeness (QED) is 0.544. The lowest BCUT2D eigenvalue weighted by atomic mass is 9.70. The van der Waals surface area contributed by atoms with Gasteiger partial charge in [-0.05, 0) is 42.2 Å². The number of carbonyl (C=O) groups excluding carboxylic acids is 1. The van der Waals surface area contributed by atoms with Gasteiger partial charge in [0.2, 0.25) is 0 Å². The molecule has 4 rings (SSSR count). The van der Waals surface area contributed by atoms with Gasteiger partial charge >= 0.3 is 0 Å². The third-order valence-corrected chi connectivity index (χ3v) is 6.03. The first-order chi connectivity index (χ1) is 14.6. The summed E-state index contributed by atoms with van der Waals surface area (Å²) in [5.41, 5.74) is 3.27. The fraction of sp³-hybridized carbons (Fsp3) is 0.185. The number of carbonyl (C=O) groups is 1. The second kappa shape index (κ2) is 8.00. The van der Waals surface area contributed by atoms with E-state index in [1.165, 1.54) is 0 Å². The summed E-state index contributed by atoms with van der Waals surface area (Å²) in [5, 5.41) is 10.7. The first kappa shape index (κ1) is 19.7. The highest BCUT2D eigenvalue weighted by Crippen LogP contribution is 2.48. The number of amides is 1. The molecule has 0 spiro atoms. The molecular weight excluding hydrogens is 368 g/mol. The van der Waals surface area contributed by atoms with Gasteiger partial charge in [0.05, 0.1) is 6.07 Å². The molecule has 0 saturated carbocycles. The van der Waals surface area contributed by atoms with Crippen LogP contribution in [-0.2, 0) is 5.54 Å². The summed E-state index contributed by atoms with van der Waals surface area (Å²) in [6.07, 6.45) is 4.43. The molecule has 0 N–H and O–H groups in total. The van der Waals surface area contributed by atoms with Crippen LogP contribution in [0.3, 0.4) is 0 Å². The van der Waals surface area contributed by atoms with Gasteiger partial charge in [-0.25, -0.2) is 0 Å². The Labute approximate surface area is 177 Å². The number of benzene rings is 3. The topological polar surface area (TPSA) is 44.1 Å². The van der Waals surface area contributed by atoms with Crippen molar-refractivity contribution in [1.29, 1.82) is 5.26 Å². The number of nitrogens with zero attached hydrogens (tertiary/aromatic N) is 2. The van der Waals surface area contributed by atoms with E-state index in [2.05, 4.69) is 13.0 Å². The zero-order valence-electron chi connectivity index (χ0n) is 17.2. The van der Waals surface area contributed by atoms with Crippen molar-refractivity contribution in [2.24, 2.45) is 0 Å². The molecule has 0 aromatic heterocycles. The van der Waals surface area contributed by atoms with Gasteiger partial charge in [0.25, 0.3) is 5.91 Å². The molecule has 0 saturated heterocycles. The normalized spacial score (nSPS) is 18.4. The van der Waals surface area contributed by atoms with Crippen molar-refractivity contribution in [3.63, 3.8) is 0 Å². The lowest BCUT2D eigenvalue weighted by Gasteiger charge is -2.45. The Balaban J connectivity index is 1.97. The second-order valence-electron chi connectivity index (χ2n) is 7.64. The number of hydrogen-bond donors (Lipinski definition) is 0. The standard InChI is InChI=1S/C27H24N2O/c1-3-24(21-12-5-4-6-13-21)27(19-28)25-16-10-8-14-22(25)17-18-29(27)26(30)23-15-9-7-11-20(23)2/h4-18,24H,3H2,1-2H3/t24-,27+/m1/s1. The molecule has 3 heteroatoms. The molecule has 0 aliphatic carbocycles. The summed E-state index contributed by atoms with van der Waals surface area (Å²) in [6.45, 7) is 4.01. The molecule has 1 aliphatic rings. The Hall–Kier alpha value is -3.64. The van der Waals surface area contributed by atoms with Crippen molar-refractivity contribution in [1.82, 2.24) is 4.90 Å². The third kappa shape index (κ3) is 3.02. The van der Waals surface area contributed by atoms with Gasteiger partial charge in [0.15, 0.2) is 5.54 Å². The van der Waals surface area contributed by atoms with Crippen LogP contribution >= 0.6 is 0 Å². The van der Waals surface area contributed by atoms with E-state index in [1.807, 2.05) is 91.9 Å². The minimum Gasteiger partial charge on any atom is -0.291 e. The molecule has 1 aliphatic heterocycles. The Morgan fingerprint density at radius 2 is 1.67 bits per heavy atom. The average Bonchev–Trinajstić information content (AvgIpc) is 2.80. The van der Waals surface area contributed by atoms with E-state index in [-0.39, 0.29) is 11.8 Å². The van der Waals surface area contributed by atoms with Gasteiger partial charge in [-0.15, -0.1) is 0 Å². The van der Waals surface area contributed by atoms with Crippen LogP contribution in [0.1, 0.15) is 51.9 Å². The van der Waals surface area contributed by atoms with Crippen molar-refractivity contribution < 1.29 is 4.79 Å². The van der Waals surface area contributed by atoms with E-state index in [4.69, 9.17) is 0 Å². The van der Waals surface area contributed by atoms with Crippen LogP contribution in [0.25, 0.3) is 6.08 Å². The van der Waals surface area contributed by atoms with Crippen LogP contribution in [-0.4, -0.2) is 10.8 Å². The first-order valence-electron chi connectivity index (χ1n) is 10.3. The predicted octanol–water partition coefficient (Wildman–Crippen LogP) is 6.03. The van der Waals surface area contributed by atoms with Gasteiger partial charge in [0.1, 0.15) is 0 Å². The molecule has 1 heterocycles. The minimum absolute atomic E-state index is 0.158. The molecule has 30 heavy (non-hydrogen) atoms. The van der Waals surface area contributed by atoms with Crippen LogP contribution in [0.15, 0.2) is 85.1 Å². The zero-order chi connectivity index (χ0) is 21.1. The summed E-state index contributed by atoms with van der Waals surface area (Å²) < 4.78 is 0. The highest BCUT2D eigenvalue weighted by atomic mass is 16.2. The van der Waals surface area contributed by atoms with E-state index in [9.17, 15) is 10.1 Å². The predicted molar refractivity (Wildman–Crippen MR) is 120 cm³/mol. The lowest BCUT2D eigenvalue weighted by molar-refractivity contribution is 0.0652. The van der Waals surface area contributed by atoms with Gasteiger partial charge in [0, 0.05) is 23.2 Å². The van der Waals surface area contributed by atoms with Crippen molar-refractivity contribution >= 4 is 12.0 Å². The van der Waals surface area contributed by atoms with Gasteiger partial charge in [-0.1, -0.05) is 79.7 Å². The fourth-order valence-electron chi connectivity index (χ4n) is 4.57. The molecule has 0 unspecified atom stereocenters. The maximum absolute atomic E-state index is 13.8. The van der Waals surface area contributed by atoms with E-state index in [0.29, 0.717) is 5.56 Å². The van der Waals surface area contributed by atoms with Gasteiger partial charge < -0.3 is 0 Å². The van der Waals surface area contributed by atoms with Crippen LogP contribution < -0.4 is 0 Å². The average molecular weight is 393 g/mol. The molecule has 148 valence electrons. The number of nitriles is 1. The van der Waals surface area contributed by atoms with E-state index < -0.39 is 5.54 Å². The summed E-state index contributed by atoms with van der Waals surface area (Å²) in [6, 6.07) is 28.1. The maximum atomic E-state index is 13.8. The van der Waals surface area contributed by atoms with Crippen molar-refractivity contribution in [2.75, 3.05) is 0 Å².